The first kappa shape index (κ1) is 12.1. The number of hydrogen-bond acceptors (Lipinski definition) is 3. The monoisotopic (exact) mass is 222 g/mol. The minimum atomic E-state index is -1.32. The first-order chi connectivity index (χ1) is 7.65. The minimum absolute atomic E-state index is 0.259. The molecule has 0 fully saturated rings. The molecule has 0 atom stereocenters. The van der Waals surface area contributed by atoms with Gasteiger partial charge >= 0.3 is 5.97 Å². The molecular formula is C11H11FN2O2. The van der Waals surface area contributed by atoms with Crippen LogP contribution in [0.2, 0.25) is 0 Å². The van der Waals surface area contributed by atoms with E-state index in [0.717, 1.165) is 18.8 Å². The molecule has 0 aliphatic carbocycles. The van der Waals surface area contributed by atoms with Crippen LogP contribution in [0.1, 0.15) is 22.5 Å². The van der Waals surface area contributed by atoms with Crippen molar-refractivity contribution in [1.29, 1.82) is 0 Å². The van der Waals surface area contributed by atoms with Gasteiger partial charge in [-0.3, -0.25) is 0 Å². The SMILES string of the molecule is CNCCC#Cc1cc(C(=O)O)c(F)cn1. The van der Waals surface area contributed by atoms with Gasteiger partial charge < -0.3 is 10.4 Å². The number of rotatable bonds is 3. The van der Waals surface area contributed by atoms with Crippen molar-refractivity contribution in [3.63, 3.8) is 0 Å². The van der Waals surface area contributed by atoms with Gasteiger partial charge in [0.2, 0.25) is 0 Å². The lowest BCUT2D eigenvalue weighted by Gasteiger charge is -1.96. The third-order valence-electron chi connectivity index (χ3n) is 1.80. The van der Waals surface area contributed by atoms with Crippen LogP contribution >= 0.6 is 0 Å². The first-order valence-electron chi connectivity index (χ1n) is 4.67. The molecule has 0 aliphatic rings. The van der Waals surface area contributed by atoms with Gasteiger partial charge in [0.05, 0.1) is 11.8 Å². The van der Waals surface area contributed by atoms with Gasteiger partial charge in [0.25, 0.3) is 0 Å². The van der Waals surface area contributed by atoms with Crippen LogP contribution in [0.25, 0.3) is 0 Å². The molecule has 1 heterocycles. The van der Waals surface area contributed by atoms with Crippen molar-refractivity contribution in [2.24, 2.45) is 0 Å². The zero-order valence-corrected chi connectivity index (χ0v) is 8.75. The highest BCUT2D eigenvalue weighted by atomic mass is 19.1. The summed E-state index contributed by atoms with van der Waals surface area (Å²) in [5.41, 5.74) is -0.150. The van der Waals surface area contributed by atoms with Gasteiger partial charge in [-0.05, 0) is 19.0 Å². The number of carboxylic acid groups (broad SMARTS) is 1. The van der Waals surface area contributed by atoms with E-state index in [-0.39, 0.29) is 5.69 Å². The molecule has 16 heavy (non-hydrogen) atoms. The molecule has 1 aromatic rings. The van der Waals surface area contributed by atoms with Gasteiger partial charge in [-0.25, -0.2) is 14.2 Å². The average Bonchev–Trinajstić information content (AvgIpc) is 2.26. The van der Waals surface area contributed by atoms with E-state index < -0.39 is 17.3 Å². The predicted octanol–water partition coefficient (Wildman–Crippen LogP) is 0.880. The molecule has 0 saturated heterocycles. The van der Waals surface area contributed by atoms with Gasteiger partial charge in [-0.2, -0.15) is 0 Å². The summed E-state index contributed by atoms with van der Waals surface area (Å²) < 4.78 is 13.0. The Morgan fingerprint density at radius 1 is 1.69 bits per heavy atom. The molecule has 0 aliphatic heterocycles. The summed E-state index contributed by atoms with van der Waals surface area (Å²) in [5, 5.41) is 11.6. The molecule has 0 radical (unpaired) electrons. The highest BCUT2D eigenvalue weighted by molar-refractivity contribution is 5.88. The Hall–Kier alpha value is -1.93. The van der Waals surface area contributed by atoms with E-state index in [1.54, 1.807) is 7.05 Å². The molecule has 2 N–H and O–H groups in total. The molecule has 0 aromatic carbocycles. The molecule has 0 saturated carbocycles. The number of carbonyl (C=O) groups is 1. The van der Waals surface area contributed by atoms with Crippen molar-refractivity contribution in [3.05, 3.63) is 29.3 Å². The number of aromatic carboxylic acids is 1. The van der Waals surface area contributed by atoms with Crippen molar-refractivity contribution in [2.45, 2.75) is 6.42 Å². The van der Waals surface area contributed by atoms with Gasteiger partial charge in [0.1, 0.15) is 5.69 Å². The maximum atomic E-state index is 13.0. The van der Waals surface area contributed by atoms with E-state index in [1.165, 1.54) is 0 Å². The number of aromatic nitrogens is 1. The standard InChI is InChI=1S/C11H11FN2O2/c1-13-5-3-2-4-8-6-9(11(15)16)10(12)7-14-8/h6-7,13H,3,5H2,1H3,(H,15,16). The fraction of sp³-hybridized carbons (Fsp3) is 0.273. The van der Waals surface area contributed by atoms with Crippen LogP contribution < -0.4 is 5.32 Å². The van der Waals surface area contributed by atoms with E-state index in [0.29, 0.717) is 6.42 Å². The van der Waals surface area contributed by atoms with Crippen LogP contribution in [0.3, 0.4) is 0 Å². The topological polar surface area (TPSA) is 62.2 Å². The summed E-state index contributed by atoms with van der Waals surface area (Å²) in [6.45, 7) is 0.736. The third kappa shape index (κ3) is 3.33. The normalized spacial score (nSPS) is 9.38. The fourth-order valence-electron chi connectivity index (χ4n) is 1.01. The van der Waals surface area contributed by atoms with Crippen LogP contribution in [0, 0.1) is 17.7 Å². The lowest BCUT2D eigenvalue weighted by atomic mass is 10.2. The first-order valence-corrected chi connectivity index (χ1v) is 4.67. The Balaban J connectivity index is 2.85. The Morgan fingerprint density at radius 2 is 2.44 bits per heavy atom. The molecule has 0 amide bonds. The molecule has 4 nitrogen and oxygen atoms in total. The van der Waals surface area contributed by atoms with Gasteiger partial charge in [-0.1, -0.05) is 5.92 Å². The second-order valence-electron chi connectivity index (χ2n) is 3.01. The van der Waals surface area contributed by atoms with Crippen molar-refractivity contribution in [1.82, 2.24) is 10.3 Å². The van der Waals surface area contributed by atoms with Gasteiger partial charge in [-0.15, -0.1) is 0 Å². The number of carboxylic acids is 1. The summed E-state index contributed by atoms with van der Waals surface area (Å²) >= 11 is 0. The van der Waals surface area contributed by atoms with Crippen molar-refractivity contribution >= 4 is 5.97 Å². The van der Waals surface area contributed by atoms with Crippen LogP contribution in [-0.2, 0) is 0 Å². The molecule has 1 rings (SSSR count). The summed E-state index contributed by atoms with van der Waals surface area (Å²) in [7, 11) is 1.81. The van der Waals surface area contributed by atoms with Crippen molar-refractivity contribution in [3.8, 4) is 11.8 Å². The van der Waals surface area contributed by atoms with Gasteiger partial charge in [0.15, 0.2) is 5.82 Å². The number of pyridine rings is 1. The van der Waals surface area contributed by atoms with Crippen molar-refractivity contribution < 1.29 is 14.3 Å². The van der Waals surface area contributed by atoms with E-state index in [1.807, 2.05) is 0 Å². The van der Waals surface area contributed by atoms with Crippen LogP contribution in [0.5, 0.6) is 0 Å². The molecule has 1 aromatic heterocycles. The summed E-state index contributed by atoms with van der Waals surface area (Å²) in [5.74, 6) is 3.29. The highest BCUT2D eigenvalue weighted by Gasteiger charge is 2.10. The smallest absolute Gasteiger partial charge is 0.338 e. The van der Waals surface area contributed by atoms with Gasteiger partial charge in [0, 0.05) is 13.0 Å². The zero-order chi connectivity index (χ0) is 12.0. The molecule has 0 unspecified atom stereocenters. The lowest BCUT2D eigenvalue weighted by Crippen LogP contribution is -2.06. The lowest BCUT2D eigenvalue weighted by molar-refractivity contribution is 0.0691. The maximum Gasteiger partial charge on any atom is 0.338 e. The average molecular weight is 222 g/mol. The Bertz CT molecular complexity index is 449. The molecule has 5 heteroatoms. The van der Waals surface area contributed by atoms with Crippen molar-refractivity contribution in [2.75, 3.05) is 13.6 Å². The second-order valence-corrected chi connectivity index (χ2v) is 3.01. The molecule has 0 bridgehead atoms. The number of nitrogens with one attached hydrogen (secondary N) is 1. The Kier molecular flexibility index (Phi) is 4.42. The summed E-state index contributed by atoms with van der Waals surface area (Å²) in [6.07, 6.45) is 1.49. The second kappa shape index (κ2) is 5.83. The third-order valence-corrected chi connectivity index (χ3v) is 1.80. The van der Waals surface area contributed by atoms with E-state index in [2.05, 4.69) is 22.1 Å². The number of halogens is 1. The maximum absolute atomic E-state index is 13.0. The van der Waals surface area contributed by atoms with E-state index >= 15 is 0 Å². The quantitative estimate of drug-likeness (QED) is 0.588. The van der Waals surface area contributed by atoms with Crippen LogP contribution in [0.4, 0.5) is 4.39 Å². The fourth-order valence-corrected chi connectivity index (χ4v) is 1.01. The summed E-state index contributed by atoms with van der Waals surface area (Å²) in [6, 6.07) is 1.13. The minimum Gasteiger partial charge on any atom is -0.478 e. The van der Waals surface area contributed by atoms with E-state index in [9.17, 15) is 9.18 Å². The molecule has 84 valence electrons. The number of hydrogen-bond donors (Lipinski definition) is 2. The summed E-state index contributed by atoms with van der Waals surface area (Å²) in [4.78, 5) is 14.3. The Labute approximate surface area is 92.5 Å². The zero-order valence-electron chi connectivity index (χ0n) is 8.75. The predicted molar refractivity (Wildman–Crippen MR) is 56.6 cm³/mol. The molecule has 0 spiro atoms. The highest BCUT2D eigenvalue weighted by Crippen LogP contribution is 2.06. The Morgan fingerprint density at radius 3 is 3.06 bits per heavy atom. The van der Waals surface area contributed by atoms with Crippen LogP contribution in [0.15, 0.2) is 12.3 Å². The number of nitrogens with zero attached hydrogens (tertiary/aromatic N) is 1. The van der Waals surface area contributed by atoms with E-state index in [4.69, 9.17) is 5.11 Å². The molecular weight excluding hydrogens is 211 g/mol. The largest absolute Gasteiger partial charge is 0.478 e. The van der Waals surface area contributed by atoms with Crippen LogP contribution in [-0.4, -0.2) is 29.7 Å².